The van der Waals surface area contributed by atoms with Crippen LogP contribution in [0.15, 0.2) is 18.2 Å². The highest BCUT2D eigenvalue weighted by molar-refractivity contribution is 5.95. The second-order valence-corrected chi connectivity index (χ2v) is 4.59. The highest BCUT2D eigenvalue weighted by Gasteiger charge is 2.31. The summed E-state index contributed by atoms with van der Waals surface area (Å²) in [5.74, 6) is -1.82. The number of amides is 1. The molecule has 1 aromatic carbocycles. The zero-order valence-corrected chi connectivity index (χ0v) is 11.1. The lowest BCUT2D eigenvalue weighted by molar-refractivity contribution is -0.137. The van der Waals surface area contributed by atoms with Gasteiger partial charge in [0.15, 0.2) is 0 Å². The van der Waals surface area contributed by atoms with Crippen molar-refractivity contribution >= 4 is 11.6 Å². The first-order chi connectivity index (χ1) is 9.16. The molecule has 0 aliphatic carbocycles. The van der Waals surface area contributed by atoms with Gasteiger partial charge in [-0.25, -0.2) is 4.39 Å². The molecule has 1 amide bonds. The van der Waals surface area contributed by atoms with Crippen molar-refractivity contribution in [3.05, 3.63) is 29.6 Å². The van der Waals surface area contributed by atoms with Gasteiger partial charge in [-0.3, -0.25) is 4.79 Å². The Balaban J connectivity index is 2.95. The molecule has 20 heavy (non-hydrogen) atoms. The van der Waals surface area contributed by atoms with Crippen LogP contribution in [0.1, 0.15) is 25.8 Å². The second kappa shape index (κ2) is 6.21. The van der Waals surface area contributed by atoms with Gasteiger partial charge in [0.2, 0.25) is 5.91 Å². The Morgan fingerprint density at radius 1 is 1.40 bits per heavy atom. The fourth-order valence-corrected chi connectivity index (χ4v) is 1.53. The molecule has 0 saturated heterocycles. The molecule has 0 radical (unpaired) electrons. The topological polar surface area (TPSA) is 55.1 Å². The van der Waals surface area contributed by atoms with Crippen LogP contribution in [0.2, 0.25) is 0 Å². The van der Waals surface area contributed by atoms with Gasteiger partial charge in [0.1, 0.15) is 5.82 Å². The average Bonchev–Trinajstić information content (AvgIpc) is 2.38. The van der Waals surface area contributed by atoms with Crippen molar-refractivity contribution in [2.45, 2.75) is 32.5 Å². The van der Waals surface area contributed by atoms with E-state index >= 15 is 0 Å². The standard InChI is InChI=1S/C13H16F4N2O/c1-3-7(2)11(18)12(20)19-10-6-8(13(15,16)17)4-5-9(10)14/h4-7,11H,3,18H2,1-2H3,(H,19,20)/t7?,11-/m0/s1. The van der Waals surface area contributed by atoms with E-state index in [1.807, 2.05) is 6.92 Å². The first-order valence-corrected chi connectivity index (χ1v) is 6.10. The summed E-state index contributed by atoms with van der Waals surface area (Å²) in [5.41, 5.74) is 4.08. The van der Waals surface area contributed by atoms with Crippen LogP contribution < -0.4 is 11.1 Å². The van der Waals surface area contributed by atoms with E-state index in [9.17, 15) is 22.4 Å². The summed E-state index contributed by atoms with van der Waals surface area (Å²) >= 11 is 0. The summed E-state index contributed by atoms with van der Waals surface area (Å²) in [5, 5.41) is 2.10. The van der Waals surface area contributed by atoms with Crippen LogP contribution >= 0.6 is 0 Å². The Bertz CT molecular complexity index is 488. The van der Waals surface area contributed by atoms with Gasteiger partial charge in [-0.15, -0.1) is 0 Å². The smallest absolute Gasteiger partial charge is 0.322 e. The number of carbonyl (C=O) groups is 1. The fourth-order valence-electron chi connectivity index (χ4n) is 1.53. The Hall–Kier alpha value is -1.63. The predicted octanol–water partition coefficient (Wildman–Crippen LogP) is 3.16. The number of alkyl halides is 3. The summed E-state index contributed by atoms with van der Waals surface area (Å²) in [4.78, 5) is 11.7. The average molecular weight is 292 g/mol. The van der Waals surface area contributed by atoms with E-state index in [0.29, 0.717) is 24.6 Å². The molecule has 2 atom stereocenters. The Morgan fingerprint density at radius 3 is 2.50 bits per heavy atom. The van der Waals surface area contributed by atoms with E-state index in [2.05, 4.69) is 5.32 Å². The third kappa shape index (κ3) is 3.93. The normalized spacial score (nSPS) is 14.8. The lowest BCUT2D eigenvalue weighted by Crippen LogP contribution is -2.40. The molecule has 0 spiro atoms. The summed E-state index contributed by atoms with van der Waals surface area (Å²) in [6.45, 7) is 3.55. The number of rotatable bonds is 4. The number of anilines is 1. The quantitative estimate of drug-likeness (QED) is 0.838. The summed E-state index contributed by atoms with van der Waals surface area (Å²) in [6, 6.07) is 0.914. The molecule has 1 aromatic rings. The van der Waals surface area contributed by atoms with Gasteiger partial charge in [-0.05, 0) is 24.1 Å². The zero-order chi connectivity index (χ0) is 15.5. The summed E-state index contributed by atoms with van der Waals surface area (Å²) in [7, 11) is 0. The molecule has 0 fully saturated rings. The number of nitrogens with two attached hydrogens (primary N) is 1. The molecule has 3 nitrogen and oxygen atoms in total. The van der Waals surface area contributed by atoms with Gasteiger partial charge in [0.25, 0.3) is 0 Å². The number of halogens is 4. The molecule has 0 aliphatic rings. The zero-order valence-electron chi connectivity index (χ0n) is 11.1. The molecule has 3 N–H and O–H groups in total. The van der Waals surface area contributed by atoms with Crippen LogP contribution in [-0.4, -0.2) is 11.9 Å². The molecule has 0 saturated carbocycles. The minimum absolute atomic E-state index is 0.163. The van der Waals surface area contributed by atoms with E-state index in [1.165, 1.54) is 0 Å². The maximum atomic E-state index is 13.4. The van der Waals surface area contributed by atoms with Crippen molar-refractivity contribution in [1.82, 2.24) is 0 Å². The third-order valence-corrected chi connectivity index (χ3v) is 3.11. The van der Waals surface area contributed by atoms with Crippen LogP contribution in [0.5, 0.6) is 0 Å². The van der Waals surface area contributed by atoms with Crippen molar-refractivity contribution in [2.24, 2.45) is 11.7 Å². The second-order valence-electron chi connectivity index (χ2n) is 4.59. The number of hydrogen-bond donors (Lipinski definition) is 2. The predicted molar refractivity (Wildman–Crippen MR) is 67.5 cm³/mol. The first kappa shape index (κ1) is 16.4. The lowest BCUT2D eigenvalue weighted by Gasteiger charge is -2.18. The van der Waals surface area contributed by atoms with Crippen molar-refractivity contribution in [3.8, 4) is 0 Å². The molecule has 0 aliphatic heterocycles. The van der Waals surface area contributed by atoms with E-state index in [-0.39, 0.29) is 5.92 Å². The van der Waals surface area contributed by atoms with Crippen molar-refractivity contribution < 1.29 is 22.4 Å². The van der Waals surface area contributed by atoms with Gasteiger partial charge in [-0.1, -0.05) is 20.3 Å². The van der Waals surface area contributed by atoms with Crippen LogP contribution in [0.4, 0.5) is 23.2 Å². The third-order valence-electron chi connectivity index (χ3n) is 3.11. The molecule has 1 unspecified atom stereocenters. The summed E-state index contributed by atoms with van der Waals surface area (Å²) < 4.78 is 51.0. The van der Waals surface area contributed by atoms with Gasteiger partial charge in [0, 0.05) is 0 Å². The van der Waals surface area contributed by atoms with Gasteiger partial charge < -0.3 is 11.1 Å². The SMILES string of the molecule is CCC(C)[C@H](N)C(=O)Nc1cc(C(F)(F)F)ccc1F. The lowest BCUT2D eigenvalue weighted by atomic mass is 9.99. The van der Waals surface area contributed by atoms with Crippen molar-refractivity contribution in [1.29, 1.82) is 0 Å². The fraction of sp³-hybridized carbons (Fsp3) is 0.462. The highest BCUT2D eigenvalue weighted by Crippen LogP contribution is 2.31. The molecule has 0 aromatic heterocycles. The van der Waals surface area contributed by atoms with E-state index in [0.717, 1.165) is 0 Å². The molecular weight excluding hydrogens is 276 g/mol. The van der Waals surface area contributed by atoms with Crippen molar-refractivity contribution in [2.75, 3.05) is 5.32 Å². The van der Waals surface area contributed by atoms with Crippen LogP contribution in [0, 0.1) is 11.7 Å². The molecule has 0 heterocycles. The van der Waals surface area contributed by atoms with E-state index in [4.69, 9.17) is 5.73 Å². The van der Waals surface area contributed by atoms with Gasteiger partial charge in [0.05, 0.1) is 17.3 Å². The number of hydrogen-bond acceptors (Lipinski definition) is 2. The Kier molecular flexibility index (Phi) is 5.10. The summed E-state index contributed by atoms with van der Waals surface area (Å²) in [6.07, 6.45) is -3.98. The number of benzene rings is 1. The first-order valence-electron chi connectivity index (χ1n) is 6.10. The van der Waals surface area contributed by atoms with Gasteiger partial charge in [-0.2, -0.15) is 13.2 Å². The Morgan fingerprint density at radius 2 is 2.00 bits per heavy atom. The molecule has 112 valence electrons. The van der Waals surface area contributed by atoms with Crippen LogP contribution in [0.25, 0.3) is 0 Å². The maximum Gasteiger partial charge on any atom is 0.416 e. The van der Waals surface area contributed by atoms with E-state index < -0.39 is 35.2 Å². The molecular formula is C13H16F4N2O. The molecule has 7 heteroatoms. The van der Waals surface area contributed by atoms with Crippen LogP contribution in [0.3, 0.4) is 0 Å². The van der Waals surface area contributed by atoms with E-state index in [1.54, 1.807) is 6.92 Å². The minimum atomic E-state index is -4.61. The molecule has 0 bridgehead atoms. The maximum absolute atomic E-state index is 13.4. The van der Waals surface area contributed by atoms with Gasteiger partial charge >= 0.3 is 6.18 Å². The largest absolute Gasteiger partial charge is 0.416 e. The van der Waals surface area contributed by atoms with Crippen LogP contribution in [-0.2, 0) is 11.0 Å². The Labute approximate surface area is 114 Å². The van der Waals surface area contributed by atoms with Crippen molar-refractivity contribution in [3.63, 3.8) is 0 Å². The number of nitrogens with one attached hydrogen (secondary N) is 1. The number of carbonyl (C=O) groups excluding carboxylic acids is 1. The minimum Gasteiger partial charge on any atom is -0.322 e. The monoisotopic (exact) mass is 292 g/mol. The highest BCUT2D eigenvalue weighted by atomic mass is 19.4. The molecule has 1 rings (SSSR count).